The topological polar surface area (TPSA) is 37.4 Å². The number of allylic oxidation sites excluding steroid dienone is 2. The third-order valence-corrected chi connectivity index (χ3v) is 3.62. The van der Waals surface area contributed by atoms with Crippen molar-refractivity contribution in [3.05, 3.63) is 11.8 Å². The summed E-state index contributed by atoms with van der Waals surface area (Å²) in [4.78, 5) is 25.2. The van der Waals surface area contributed by atoms with Gasteiger partial charge in [0.25, 0.3) is 0 Å². The van der Waals surface area contributed by atoms with E-state index in [1.165, 1.54) is 0 Å². The summed E-state index contributed by atoms with van der Waals surface area (Å²) in [6.07, 6.45) is 5.31. The Bertz CT molecular complexity index is 346. The van der Waals surface area contributed by atoms with E-state index in [1.54, 1.807) is 11.8 Å². The van der Waals surface area contributed by atoms with Gasteiger partial charge >= 0.3 is 0 Å². The number of carbonyl (C=O) groups excluding carboxylic acids is 2. The highest BCUT2D eigenvalue weighted by molar-refractivity contribution is 5.90. The number of fused-ring (bicyclic) bond motifs is 1. The highest BCUT2D eigenvalue weighted by atomic mass is 16.2. The summed E-state index contributed by atoms with van der Waals surface area (Å²) in [6.45, 7) is 4.32. The first-order valence-electron chi connectivity index (χ1n) is 5.58. The average Bonchev–Trinajstić information content (AvgIpc) is 2.18. The molecule has 1 fully saturated rings. The number of hydrogen-bond donors (Lipinski definition) is 0. The van der Waals surface area contributed by atoms with Gasteiger partial charge in [0.15, 0.2) is 0 Å². The lowest BCUT2D eigenvalue weighted by atomic mass is 9.70. The molecule has 2 rings (SSSR count). The second-order valence-electron chi connectivity index (χ2n) is 4.66. The predicted molar refractivity (Wildman–Crippen MR) is 57.1 cm³/mol. The Kier molecular flexibility index (Phi) is 2.41. The fourth-order valence-corrected chi connectivity index (χ4v) is 2.70. The molecule has 82 valence electrons. The smallest absolute Gasteiger partial charge is 0.223 e. The van der Waals surface area contributed by atoms with Crippen LogP contribution in [0.2, 0.25) is 0 Å². The number of amides is 1. The van der Waals surface area contributed by atoms with Crippen molar-refractivity contribution >= 4 is 11.7 Å². The maximum Gasteiger partial charge on any atom is 0.223 e. The molecule has 0 spiro atoms. The second-order valence-corrected chi connectivity index (χ2v) is 4.66. The highest BCUT2D eigenvalue weighted by Crippen LogP contribution is 2.43. The molecule has 3 heteroatoms. The lowest BCUT2D eigenvalue weighted by molar-refractivity contribution is -0.134. The molecule has 0 saturated carbocycles. The van der Waals surface area contributed by atoms with Crippen LogP contribution in [0.3, 0.4) is 0 Å². The van der Waals surface area contributed by atoms with Gasteiger partial charge in [-0.2, -0.15) is 0 Å². The molecule has 3 nitrogen and oxygen atoms in total. The lowest BCUT2D eigenvalue weighted by Gasteiger charge is -2.43. The van der Waals surface area contributed by atoms with Crippen LogP contribution < -0.4 is 0 Å². The number of likely N-dealkylation sites (tertiary alicyclic amines) is 1. The number of Topliss-reactive ketones (excluding diaryl/α,β-unsaturated/α-hetero) is 1. The normalized spacial score (nSPS) is 30.9. The van der Waals surface area contributed by atoms with Crippen molar-refractivity contribution in [2.75, 3.05) is 6.54 Å². The van der Waals surface area contributed by atoms with Crippen LogP contribution in [0.1, 0.15) is 39.5 Å². The molecule has 1 aliphatic heterocycles. The van der Waals surface area contributed by atoms with Crippen LogP contribution >= 0.6 is 0 Å². The minimum Gasteiger partial charge on any atom is -0.316 e. The van der Waals surface area contributed by atoms with Gasteiger partial charge in [-0.05, 0) is 26.2 Å². The molecule has 15 heavy (non-hydrogen) atoms. The van der Waals surface area contributed by atoms with Gasteiger partial charge in [0.2, 0.25) is 5.91 Å². The molecule has 0 N–H and O–H groups in total. The first-order chi connectivity index (χ1) is 7.05. The van der Waals surface area contributed by atoms with Crippen LogP contribution in [-0.2, 0) is 9.59 Å². The number of hydrogen-bond acceptors (Lipinski definition) is 2. The molecule has 0 aromatic carbocycles. The summed E-state index contributed by atoms with van der Waals surface area (Å²) in [5.41, 5.74) is 0.569. The molecule has 2 aliphatic rings. The zero-order chi connectivity index (χ0) is 11.1. The van der Waals surface area contributed by atoms with E-state index in [9.17, 15) is 9.59 Å². The number of ketones is 1. The molecular formula is C12H17NO2. The molecule has 0 aromatic rings. The number of nitrogens with zero attached hydrogens (tertiary/aromatic N) is 1. The zero-order valence-corrected chi connectivity index (χ0v) is 9.38. The maximum absolute atomic E-state index is 11.9. The summed E-state index contributed by atoms with van der Waals surface area (Å²) in [7, 11) is 0. The number of carbonyl (C=O) groups is 2. The van der Waals surface area contributed by atoms with Crippen LogP contribution in [-0.4, -0.2) is 23.1 Å². The minimum absolute atomic E-state index is 0.0573. The van der Waals surface area contributed by atoms with Crippen LogP contribution in [0, 0.1) is 5.41 Å². The Hall–Kier alpha value is -1.12. The Labute approximate surface area is 90.1 Å². The van der Waals surface area contributed by atoms with Gasteiger partial charge in [-0.1, -0.05) is 6.08 Å². The van der Waals surface area contributed by atoms with Crippen LogP contribution in [0.15, 0.2) is 11.8 Å². The summed E-state index contributed by atoms with van der Waals surface area (Å²) in [6, 6.07) is 0. The van der Waals surface area contributed by atoms with Crippen molar-refractivity contribution in [1.29, 1.82) is 0 Å². The number of rotatable bonds is 0. The number of piperidine rings is 1. The molecule has 1 saturated heterocycles. The van der Waals surface area contributed by atoms with Crippen LogP contribution in [0.5, 0.6) is 0 Å². The maximum atomic E-state index is 11.9. The van der Waals surface area contributed by atoms with Crippen LogP contribution in [0.4, 0.5) is 0 Å². The van der Waals surface area contributed by atoms with E-state index < -0.39 is 0 Å². The first kappa shape index (κ1) is 10.4. The van der Waals surface area contributed by atoms with Gasteiger partial charge in [0.05, 0.1) is 5.41 Å². The molecule has 0 radical (unpaired) electrons. The summed E-state index contributed by atoms with van der Waals surface area (Å²) in [5, 5.41) is 0. The fourth-order valence-electron chi connectivity index (χ4n) is 2.70. The van der Waals surface area contributed by atoms with Crippen molar-refractivity contribution in [3.8, 4) is 0 Å². The minimum atomic E-state index is -0.387. The molecule has 1 aliphatic carbocycles. The van der Waals surface area contributed by atoms with Gasteiger partial charge in [-0.15, -0.1) is 0 Å². The quantitative estimate of drug-likeness (QED) is 0.608. The van der Waals surface area contributed by atoms with E-state index in [4.69, 9.17) is 0 Å². The molecule has 0 bridgehead atoms. The van der Waals surface area contributed by atoms with E-state index in [-0.39, 0.29) is 11.3 Å². The van der Waals surface area contributed by atoms with Gasteiger partial charge in [0, 0.05) is 25.6 Å². The zero-order valence-electron chi connectivity index (χ0n) is 9.38. The predicted octanol–water partition coefficient (Wildman–Crippen LogP) is 1.88. The third-order valence-electron chi connectivity index (χ3n) is 3.62. The molecule has 1 atom stereocenters. The first-order valence-corrected chi connectivity index (χ1v) is 5.58. The molecule has 0 aromatic heterocycles. The van der Waals surface area contributed by atoms with E-state index >= 15 is 0 Å². The van der Waals surface area contributed by atoms with Crippen molar-refractivity contribution in [1.82, 2.24) is 4.90 Å². The van der Waals surface area contributed by atoms with Gasteiger partial charge < -0.3 is 4.90 Å². The Morgan fingerprint density at radius 3 is 2.93 bits per heavy atom. The van der Waals surface area contributed by atoms with Crippen molar-refractivity contribution in [2.45, 2.75) is 39.5 Å². The fraction of sp³-hybridized carbons (Fsp3) is 0.667. The molecule has 0 unspecified atom stereocenters. The lowest BCUT2D eigenvalue weighted by Crippen LogP contribution is -2.47. The Balaban J connectivity index is 2.39. The molecular weight excluding hydrogens is 190 g/mol. The monoisotopic (exact) mass is 207 g/mol. The summed E-state index contributed by atoms with van der Waals surface area (Å²) in [5.74, 6) is 0.354. The SMILES string of the molecule is CC(=O)N1CCC[C@]2(C)C(=O)CCC=C12. The Morgan fingerprint density at radius 2 is 2.27 bits per heavy atom. The van der Waals surface area contributed by atoms with Crippen molar-refractivity contribution in [2.24, 2.45) is 5.41 Å². The van der Waals surface area contributed by atoms with Crippen molar-refractivity contribution < 1.29 is 9.59 Å². The molecule has 1 heterocycles. The highest BCUT2D eigenvalue weighted by Gasteiger charge is 2.44. The largest absolute Gasteiger partial charge is 0.316 e. The van der Waals surface area contributed by atoms with Crippen LogP contribution in [0.25, 0.3) is 0 Å². The second kappa shape index (κ2) is 3.47. The summed E-state index contributed by atoms with van der Waals surface area (Å²) < 4.78 is 0. The van der Waals surface area contributed by atoms with Gasteiger partial charge in [-0.3, -0.25) is 9.59 Å². The van der Waals surface area contributed by atoms with E-state index in [1.807, 2.05) is 6.92 Å². The van der Waals surface area contributed by atoms with Gasteiger partial charge in [-0.25, -0.2) is 0 Å². The van der Waals surface area contributed by atoms with Gasteiger partial charge in [0.1, 0.15) is 5.78 Å². The Morgan fingerprint density at radius 1 is 1.53 bits per heavy atom. The summed E-state index contributed by atoms with van der Waals surface area (Å²) >= 11 is 0. The standard InChI is InChI=1S/C12H17NO2/c1-9(14)13-8-4-7-12(2)10(13)5-3-6-11(12)15/h5H,3-4,6-8H2,1-2H3/t12-/m0/s1. The van der Waals surface area contributed by atoms with E-state index in [0.29, 0.717) is 12.2 Å². The van der Waals surface area contributed by atoms with Crippen molar-refractivity contribution in [3.63, 3.8) is 0 Å². The van der Waals surface area contributed by atoms with E-state index in [0.717, 1.165) is 31.5 Å². The third kappa shape index (κ3) is 1.50. The average molecular weight is 207 g/mol. The van der Waals surface area contributed by atoms with E-state index in [2.05, 4.69) is 6.08 Å². The molecule has 1 amide bonds.